The van der Waals surface area contributed by atoms with Gasteiger partial charge in [0.2, 0.25) is 5.91 Å². The monoisotopic (exact) mass is 415 g/mol. The largest absolute Gasteiger partial charge is 0.359 e. The fourth-order valence-corrected chi connectivity index (χ4v) is 5.28. The molecule has 0 bridgehead atoms. The van der Waals surface area contributed by atoms with E-state index in [1.165, 1.54) is 22.3 Å². The van der Waals surface area contributed by atoms with Crippen LogP contribution < -0.4 is 10.6 Å². The Bertz CT molecular complexity index is 1060. The molecule has 0 aromatic heterocycles. The number of aryl methyl sites for hydroxylation is 1. The number of hydrogen-bond acceptors (Lipinski definition) is 3. The third-order valence-electron chi connectivity index (χ3n) is 7.03. The maximum Gasteiger partial charge on any atom is 0.256 e. The second kappa shape index (κ2) is 8.31. The molecule has 31 heavy (non-hydrogen) atoms. The number of carbonyl (C=O) groups is 2. The Labute approximate surface area is 183 Å². The van der Waals surface area contributed by atoms with Gasteiger partial charge in [0.25, 0.3) is 5.91 Å². The predicted molar refractivity (Wildman–Crippen MR) is 124 cm³/mol. The topological polar surface area (TPSA) is 61.4 Å². The first kappa shape index (κ1) is 20.0. The minimum absolute atomic E-state index is 0.0216. The minimum atomic E-state index is 0.0216. The van der Waals surface area contributed by atoms with Crippen LogP contribution in [0.25, 0.3) is 11.1 Å². The molecule has 0 saturated carbocycles. The maximum atomic E-state index is 12.7. The van der Waals surface area contributed by atoms with Crippen LogP contribution in [0.5, 0.6) is 0 Å². The van der Waals surface area contributed by atoms with Gasteiger partial charge in [0.15, 0.2) is 0 Å². The molecule has 0 spiro atoms. The smallest absolute Gasteiger partial charge is 0.256 e. The summed E-state index contributed by atoms with van der Waals surface area (Å²) in [5.41, 5.74) is 7.92. The fraction of sp³-hybridized carbons (Fsp3) is 0.385. The van der Waals surface area contributed by atoms with E-state index in [2.05, 4.69) is 33.7 Å². The highest BCUT2D eigenvalue weighted by Gasteiger charge is 2.30. The molecule has 1 aliphatic carbocycles. The van der Waals surface area contributed by atoms with Crippen molar-refractivity contribution in [3.05, 3.63) is 64.7 Å². The highest BCUT2D eigenvalue weighted by atomic mass is 16.2. The lowest BCUT2D eigenvalue weighted by atomic mass is 9.95. The van der Waals surface area contributed by atoms with Crippen molar-refractivity contribution in [2.75, 3.05) is 32.0 Å². The lowest BCUT2D eigenvalue weighted by Crippen LogP contribution is -2.40. The summed E-state index contributed by atoms with van der Waals surface area (Å²) in [7, 11) is 1.72. The fourth-order valence-electron chi connectivity index (χ4n) is 5.28. The van der Waals surface area contributed by atoms with Gasteiger partial charge in [0.05, 0.1) is 5.57 Å². The number of likely N-dealkylation sites (tertiary alicyclic amines) is 1. The molecule has 2 aromatic carbocycles. The van der Waals surface area contributed by atoms with E-state index in [0.29, 0.717) is 0 Å². The van der Waals surface area contributed by atoms with Gasteiger partial charge in [-0.2, -0.15) is 0 Å². The van der Waals surface area contributed by atoms with Crippen molar-refractivity contribution in [1.29, 1.82) is 0 Å². The van der Waals surface area contributed by atoms with Crippen molar-refractivity contribution >= 4 is 28.6 Å². The summed E-state index contributed by atoms with van der Waals surface area (Å²) in [6, 6.07) is 14.7. The average Bonchev–Trinajstić information content (AvgIpc) is 3.36. The van der Waals surface area contributed by atoms with Crippen molar-refractivity contribution in [2.45, 2.75) is 32.1 Å². The molecule has 1 saturated heterocycles. The summed E-state index contributed by atoms with van der Waals surface area (Å²) in [5.74, 6) is 0.376. The van der Waals surface area contributed by atoms with Crippen molar-refractivity contribution in [3.8, 4) is 0 Å². The average molecular weight is 416 g/mol. The molecule has 0 radical (unpaired) electrons. The Balaban J connectivity index is 1.28. The zero-order chi connectivity index (χ0) is 21.4. The summed E-state index contributed by atoms with van der Waals surface area (Å²) >= 11 is 0. The molecule has 1 fully saturated rings. The highest BCUT2D eigenvalue weighted by molar-refractivity contribution is 6.37. The highest BCUT2D eigenvalue weighted by Crippen LogP contribution is 2.43. The molecule has 3 aliphatic rings. The number of rotatable bonds is 4. The van der Waals surface area contributed by atoms with E-state index in [4.69, 9.17) is 0 Å². The van der Waals surface area contributed by atoms with E-state index in [1.807, 2.05) is 24.3 Å². The van der Waals surface area contributed by atoms with Gasteiger partial charge >= 0.3 is 0 Å². The molecule has 5 rings (SSSR count). The Hall–Kier alpha value is -2.92. The predicted octanol–water partition coefficient (Wildman–Crippen LogP) is 3.50. The van der Waals surface area contributed by atoms with Gasteiger partial charge in [-0.25, -0.2) is 0 Å². The zero-order valence-corrected chi connectivity index (χ0v) is 18.0. The van der Waals surface area contributed by atoms with Gasteiger partial charge in [-0.15, -0.1) is 0 Å². The van der Waals surface area contributed by atoms with Crippen LogP contribution >= 0.6 is 0 Å². The number of carbonyl (C=O) groups excluding carboxylic acids is 2. The van der Waals surface area contributed by atoms with Crippen molar-refractivity contribution in [1.82, 2.24) is 10.2 Å². The molecule has 2 amide bonds. The molecule has 2 N–H and O–H groups in total. The molecular formula is C26H29N3O2. The van der Waals surface area contributed by atoms with E-state index in [9.17, 15) is 9.59 Å². The molecule has 0 unspecified atom stereocenters. The van der Waals surface area contributed by atoms with Gasteiger partial charge in [-0.3, -0.25) is 9.59 Å². The number of nitrogens with one attached hydrogen (secondary N) is 2. The van der Waals surface area contributed by atoms with E-state index >= 15 is 0 Å². The first-order valence-electron chi connectivity index (χ1n) is 11.3. The van der Waals surface area contributed by atoms with Gasteiger partial charge in [-0.05, 0) is 73.5 Å². The van der Waals surface area contributed by atoms with Crippen molar-refractivity contribution in [2.24, 2.45) is 5.92 Å². The molecular weight excluding hydrogens is 386 g/mol. The van der Waals surface area contributed by atoms with E-state index in [-0.39, 0.29) is 17.7 Å². The zero-order valence-electron chi connectivity index (χ0n) is 18.0. The number of para-hydroxylation sites is 1. The Morgan fingerprint density at radius 3 is 2.71 bits per heavy atom. The molecule has 2 heterocycles. The number of anilines is 1. The quantitative estimate of drug-likeness (QED) is 0.752. The normalized spacial score (nSPS) is 21.0. The number of hydrogen-bond donors (Lipinski definition) is 2. The third-order valence-corrected chi connectivity index (χ3v) is 7.03. The standard InChI is InChI=1S/C26H29N3O2/c1-27-25(30)18-11-14-29(15-12-18)13-10-17-6-8-20-19(16-17)7-9-21(20)24-22-4-2-3-5-23(22)28-26(24)31/h2-6,8,16,18H,7,9-15H2,1H3,(H,27,30)(H,28,31)/b24-21-. The summed E-state index contributed by atoms with van der Waals surface area (Å²) in [4.78, 5) is 26.9. The van der Waals surface area contributed by atoms with Crippen LogP contribution in [0, 0.1) is 5.92 Å². The number of nitrogens with zero attached hydrogens (tertiary/aromatic N) is 1. The summed E-state index contributed by atoms with van der Waals surface area (Å²) < 4.78 is 0. The lowest BCUT2D eigenvalue weighted by Gasteiger charge is -2.31. The van der Waals surface area contributed by atoms with Crippen LogP contribution in [0.3, 0.4) is 0 Å². The number of fused-ring (bicyclic) bond motifs is 2. The molecule has 0 atom stereocenters. The Morgan fingerprint density at radius 1 is 1.10 bits per heavy atom. The molecule has 2 aromatic rings. The number of allylic oxidation sites excluding steroid dienone is 1. The summed E-state index contributed by atoms with van der Waals surface area (Å²) in [6.07, 6.45) is 4.83. The first-order chi connectivity index (χ1) is 15.1. The van der Waals surface area contributed by atoms with Crippen LogP contribution in [0.4, 0.5) is 5.69 Å². The Kier molecular flexibility index (Phi) is 5.36. The number of benzene rings is 2. The molecule has 2 aliphatic heterocycles. The molecule has 5 nitrogen and oxygen atoms in total. The summed E-state index contributed by atoms with van der Waals surface area (Å²) in [6.45, 7) is 3.02. The van der Waals surface area contributed by atoms with Crippen LogP contribution in [-0.2, 0) is 22.4 Å². The first-order valence-corrected chi connectivity index (χ1v) is 11.3. The third kappa shape index (κ3) is 3.79. The van der Waals surface area contributed by atoms with E-state index < -0.39 is 0 Å². The van der Waals surface area contributed by atoms with Gasteiger partial charge < -0.3 is 15.5 Å². The van der Waals surface area contributed by atoms with Gasteiger partial charge in [0.1, 0.15) is 0 Å². The lowest BCUT2D eigenvalue weighted by molar-refractivity contribution is -0.125. The van der Waals surface area contributed by atoms with Crippen molar-refractivity contribution < 1.29 is 9.59 Å². The SMILES string of the molecule is CNC(=O)C1CCN(CCc2ccc3c(c2)CC/C3=C2/C(=O)Nc3ccccc32)CC1. The van der Waals surface area contributed by atoms with E-state index in [1.54, 1.807) is 7.05 Å². The van der Waals surface area contributed by atoms with Crippen LogP contribution in [0.2, 0.25) is 0 Å². The summed E-state index contributed by atoms with van der Waals surface area (Å²) in [5, 5.41) is 5.79. The van der Waals surface area contributed by atoms with Crippen molar-refractivity contribution in [3.63, 3.8) is 0 Å². The second-order valence-electron chi connectivity index (χ2n) is 8.82. The Morgan fingerprint density at radius 2 is 1.90 bits per heavy atom. The molecule has 160 valence electrons. The second-order valence-corrected chi connectivity index (χ2v) is 8.82. The minimum Gasteiger partial charge on any atom is -0.359 e. The number of amides is 2. The number of piperidine rings is 1. The van der Waals surface area contributed by atoms with Gasteiger partial charge in [0, 0.05) is 30.8 Å². The maximum absolute atomic E-state index is 12.7. The van der Waals surface area contributed by atoms with Crippen LogP contribution in [0.1, 0.15) is 41.5 Å². The van der Waals surface area contributed by atoms with Gasteiger partial charge in [-0.1, -0.05) is 36.4 Å². The van der Waals surface area contributed by atoms with E-state index in [0.717, 1.165) is 68.6 Å². The van der Waals surface area contributed by atoms with Crippen LogP contribution in [-0.4, -0.2) is 43.4 Å². The molecule has 5 heteroatoms. The van der Waals surface area contributed by atoms with Crippen LogP contribution in [0.15, 0.2) is 42.5 Å².